The molecule has 1 unspecified atom stereocenters. The van der Waals surface area contributed by atoms with Crippen LogP contribution in [-0.4, -0.2) is 0 Å². The van der Waals surface area contributed by atoms with E-state index in [0.29, 0.717) is 5.92 Å². The molecule has 0 aromatic carbocycles. The number of allylic oxidation sites excluding steroid dienone is 6. The van der Waals surface area contributed by atoms with E-state index in [9.17, 15) is 0 Å². The minimum Gasteiger partial charge on any atom is -0.103 e. The van der Waals surface area contributed by atoms with Gasteiger partial charge in [0.2, 0.25) is 0 Å². The Bertz CT molecular complexity index is 206. The lowest BCUT2D eigenvalue weighted by Gasteiger charge is -2.08. The second kappa shape index (κ2) is 7.60. The van der Waals surface area contributed by atoms with Crippen LogP contribution >= 0.6 is 0 Å². The molecular formula is C13H20. The van der Waals surface area contributed by atoms with Crippen molar-refractivity contribution in [2.75, 3.05) is 0 Å². The normalized spacial score (nSPS) is 14.5. The van der Waals surface area contributed by atoms with E-state index in [-0.39, 0.29) is 0 Å². The standard InChI is InChI=1S/C13H20/c1-5-8-10-13(7-3)11-12(4)9-6-2/h5-8,10,12H,2-3,9,11H2,1,4H3/b8-5-,13-10+. The minimum absolute atomic E-state index is 0.659. The third-order valence-electron chi connectivity index (χ3n) is 1.92. The van der Waals surface area contributed by atoms with Gasteiger partial charge in [-0.1, -0.05) is 43.9 Å². The van der Waals surface area contributed by atoms with Crippen molar-refractivity contribution in [1.29, 1.82) is 0 Å². The molecule has 0 nitrogen and oxygen atoms in total. The lowest BCUT2D eigenvalue weighted by Crippen LogP contribution is -1.93. The minimum atomic E-state index is 0.659. The summed E-state index contributed by atoms with van der Waals surface area (Å²) < 4.78 is 0. The van der Waals surface area contributed by atoms with E-state index < -0.39 is 0 Å². The van der Waals surface area contributed by atoms with Crippen molar-refractivity contribution in [3.63, 3.8) is 0 Å². The molecule has 0 saturated carbocycles. The van der Waals surface area contributed by atoms with Crippen LogP contribution in [-0.2, 0) is 0 Å². The molecule has 13 heavy (non-hydrogen) atoms. The van der Waals surface area contributed by atoms with Crippen molar-refractivity contribution >= 4 is 0 Å². The molecule has 0 aliphatic rings. The molecule has 0 bridgehead atoms. The van der Waals surface area contributed by atoms with Crippen LogP contribution in [0.3, 0.4) is 0 Å². The van der Waals surface area contributed by atoms with Crippen LogP contribution in [0.5, 0.6) is 0 Å². The molecule has 0 aliphatic heterocycles. The number of rotatable bonds is 6. The molecule has 0 N–H and O–H groups in total. The summed E-state index contributed by atoms with van der Waals surface area (Å²) in [6.45, 7) is 11.8. The van der Waals surface area contributed by atoms with Crippen molar-refractivity contribution in [3.8, 4) is 0 Å². The highest BCUT2D eigenvalue weighted by Crippen LogP contribution is 2.15. The first-order chi connectivity index (χ1) is 6.24. The Kier molecular flexibility index (Phi) is 6.99. The van der Waals surface area contributed by atoms with E-state index >= 15 is 0 Å². The van der Waals surface area contributed by atoms with Gasteiger partial charge in [0.25, 0.3) is 0 Å². The summed E-state index contributed by atoms with van der Waals surface area (Å²) in [5.74, 6) is 0.659. The van der Waals surface area contributed by atoms with E-state index in [2.05, 4.69) is 32.2 Å². The van der Waals surface area contributed by atoms with Crippen LogP contribution in [0.4, 0.5) is 0 Å². The zero-order valence-electron chi connectivity index (χ0n) is 8.79. The maximum atomic E-state index is 3.80. The van der Waals surface area contributed by atoms with Gasteiger partial charge in [0.15, 0.2) is 0 Å². The Labute approximate surface area is 82.4 Å². The van der Waals surface area contributed by atoms with Crippen molar-refractivity contribution in [3.05, 3.63) is 49.1 Å². The van der Waals surface area contributed by atoms with Crippen molar-refractivity contribution in [1.82, 2.24) is 0 Å². The maximum absolute atomic E-state index is 3.80. The van der Waals surface area contributed by atoms with Crippen LogP contribution in [0.15, 0.2) is 49.1 Å². The molecule has 0 aromatic heterocycles. The first kappa shape index (κ1) is 12.0. The van der Waals surface area contributed by atoms with Crippen molar-refractivity contribution in [2.24, 2.45) is 5.92 Å². The molecule has 0 radical (unpaired) electrons. The van der Waals surface area contributed by atoms with Gasteiger partial charge in [0.1, 0.15) is 0 Å². The first-order valence-electron chi connectivity index (χ1n) is 4.79. The largest absolute Gasteiger partial charge is 0.103 e. The van der Waals surface area contributed by atoms with Gasteiger partial charge in [-0.2, -0.15) is 0 Å². The smallest absolute Gasteiger partial charge is 0.0250 e. The molecule has 72 valence electrons. The molecule has 0 aliphatic carbocycles. The molecule has 0 aromatic rings. The zero-order valence-corrected chi connectivity index (χ0v) is 8.79. The average Bonchev–Trinajstić information content (AvgIpc) is 2.12. The van der Waals surface area contributed by atoms with E-state index in [1.54, 1.807) is 0 Å². The molecule has 1 atom stereocenters. The molecule has 0 fully saturated rings. The van der Waals surface area contributed by atoms with Crippen molar-refractivity contribution in [2.45, 2.75) is 26.7 Å². The highest BCUT2D eigenvalue weighted by Gasteiger charge is 2.00. The highest BCUT2D eigenvalue weighted by atomic mass is 14.1. The average molecular weight is 176 g/mol. The Morgan fingerprint density at radius 3 is 2.54 bits per heavy atom. The summed E-state index contributed by atoms with van der Waals surface area (Å²) in [5.41, 5.74) is 1.30. The van der Waals surface area contributed by atoms with Crippen molar-refractivity contribution < 1.29 is 0 Å². The molecular weight excluding hydrogens is 156 g/mol. The van der Waals surface area contributed by atoms with E-state index in [0.717, 1.165) is 12.8 Å². The Balaban J connectivity index is 4.11. The van der Waals surface area contributed by atoms with Crippen LogP contribution in [0.1, 0.15) is 26.7 Å². The summed E-state index contributed by atoms with van der Waals surface area (Å²) in [6.07, 6.45) is 12.3. The van der Waals surface area contributed by atoms with Crippen LogP contribution in [0.2, 0.25) is 0 Å². The third-order valence-corrected chi connectivity index (χ3v) is 1.92. The fourth-order valence-electron chi connectivity index (χ4n) is 1.21. The molecule has 0 rings (SSSR count). The quantitative estimate of drug-likeness (QED) is 0.418. The fraction of sp³-hybridized carbons (Fsp3) is 0.385. The van der Waals surface area contributed by atoms with E-state index in [1.807, 2.05) is 25.2 Å². The summed E-state index contributed by atoms with van der Waals surface area (Å²) in [6, 6.07) is 0. The first-order valence-corrected chi connectivity index (χ1v) is 4.79. The van der Waals surface area contributed by atoms with Gasteiger partial charge in [-0.05, 0) is 31.3 Å². The summed E-state index contributed by atoms with van der Waals surface area (Å²) in [7, 11) is 0. The summed E-state index contributed by atoms with van der Waals surface area (Å²) in [4.78, 5) is 0. The summed E-state index contributed by atoms with van der Waals surface area (Å²) in [5, 5.41) is 0. The fourth-order valence-corrected chi connectivity index (χ4v) is 1.21. The van der Waals surface area contributed by atoms with Crippen LogP contribution < -0.4 is 0 Å². The topological polar surface area (TPSA) is 0 Å². The maximum Gasteiger partial charge on any atom is -0.0250 e. The number of hydrogen-bond acceptors (Lipinski definition) is 0. The SMILES string of the molecule is C=CCC(C)C/C(C=C)=C/C=C\C. The lowest BCUT2D eigenvalue weighted by molar-refractivity contribution is 0.593. The van der Waals surface area contributed by atoms with Gasteiger partial charge < -0.3 is 0 Å². The van der Waals surface area contributed by atoms with Gasteiger partial charge in [0.05, 0.1) is 0 Å². The van der Waals surface area contributed by atoms with Gasteiger partial charge in [0, 0.05) is 0 Å². The van der Waals surface area contributed by atoms with Crippen LogP contribution in [0, 0.1) is 5.92 Å². The number of hydrogen-bond donors (Lipinski definition) is 0. The predicted molar refractivity (Wildman–Crippen MR) is 61.7 cm³/mol. The molecule has 0 heteroatoms. The summed E-state index contributed by atoms with van der Waals surface area (Å²) >= 11 is 0. The molecule has 0 amide bonds. The van der Waals surface area contributed by atoms with Gasteiger partial charge in [-0.25, -0.2) is 0 Å². The molecule has 0 saturated heterocycles. The second-order valence-corrected chi connectivity index (χ2v) is 3.31. The van der Waals surface area contributed by atoms with E-state index in [1.165, 1.54) is 5.57 Å². The van der Waals surface area contributed by atoms with Crippen LogP contribution in [0.25, 0.3) is 0 Å². The monoisotopic (exact) mass is 176 g/mol. The Morgan fingerprint density at radius 2 is 2.08 bits per heavy atom. The van der Waals surface area contributed by atoms with E-state index in [4.69, 9.17) is 0 Å². The van der Waals surface area contributed by atoms with Gasteiger partial charge >= 0.3 is 0 Å². The zero-order chi connectivity index (χ0) is 10.1. The Hall–Kier alpha value is -1.04. The molecule has 0 spiro atoms. The van der Waals surface area contributed by atoms with Gasteiger partial charge in [-0.15, -0.1) is 6.58 Å². The molecule has 0 heterocycles. The second-order valence-electron chi connectivity index (χ2n) is 3.31. The Morgan fingerprint density at radius 1 is 1.38 bits per heavy atom. The highest BCUT2D eigenvalue weighted by molar-refractivity contribution is 5.22. The predicted octanol–water partition coefficient (Wildman–Crippen LogP) is 4.28. The lowest BCUT2D eigenvalue weighted by atomic mass is 9.98. The third kappa shape index (κ3) is 6.15. The van der Waals surface area contributed by atoms with Gasteiger partial charge in [-0.3, -0.25) is 0 Å².